The molecule has 0 saturated carbocycles. The maximum atomic E-state index is 10.5. The van der Waals surface area contributed by atoms with Gasteiger partial charge in [0.05, 0.1) is 0 Å². The topological polar surface area (TPSA) is 33.1 Å². The molecule has 2 aromatic rings. The maximum Gasteiger partial charge on any atom is 0.114 e. The summed E-state index contributed by atoms with van der Waals surface area (Å²) in [6, 6.07) is 5.70. The van der Waals surface area contributed by atoms with E-state index in [1.165, 1.54) is 0 Å². The number of pyridine rings is 1. The van der Waals surface area contributed by atoms with E-state index in [1.807, 2.05) is 30.5 Å². The van der Waals surface area contributed by atoms with Crippen molar-refractivity contribution in [1.29, 1.82) is 0 Å². The van der Waals surface area contributed by atoms with Gasteiger partial charge in [-0.2, -0.15) is 0 Å². The summed E-state index contributed by atoms with van der Waals surface area (Å²) in [5, 5.41) is 12.5. The molecule has 1 atom stereocenters. The molecule has 0 aliphatic carbocycles. The van der Waals surface area contributed by atoms with E-state index in [0.717, 1.165) is 16.0 Å². The number of rotatable bonds is 2. The molecule has 2 rings (SSSR count). The Hall–Kier alpha value is -1.19. The molecule has 2 aromatic heterocycles. The van der Waals surface area contributed by atoms with Crippen molar-refractivity contribution < 1.29 is 5.11 Å². The van der Waals surface area contributed by atoms with Crippen molar-refractivity contribution >= 4 is 11.3 Å². The maximum absolute atomic E-state index is 10.5. The Labute approximate surface area is 93.2 Å². The molecule has 15 heavy (non-hydrogen) atoms. The summed E-state index contributed by atoms with van der Waals surface area (Å²) >= 11 is 1.65. The molecule has 0 fully saturated rings. The van der Waals surface area contributed by atoms with Gasteiger partial charge >= 0.3 is 0 Å². The largest absolute Gasteiger partial charge is 0.381 e. The molecule has 0 bridgehead atoms. The normalized spacial score (nSPS) is 14.9. The van der Waals surface area contributed by atoms with Crippen molar-refractivity contribution in [2.75, 3.05) is 0 Å². The van der Waals surface area contributed by atoms with Crippen LogP contribution in [0.4, 0.5) is 0 Å². The highest BCUT2D eigenvalue weighted by atomic mass is 32.1. The first-order chi connectivity index (χ1) is 7.12. The first-order valence-electron chi connectivity index (χ1n) is 4.80. The van der Waals surface area contributed by atoms with Gasteiger partial charge in [0.15, 0.2) is 0 Å². The van der Waals surface area contributed by atoms with Gasteiger partial charge in [0.1, 0.15) is 5.60 Å². The van der Waals surface area contributed by atoms with E-state index in [2.05, 4.69) is 4.98 Å². The Kier molecular flexibility index (Phi) is 2.59. The second-order valence-corrected chi connectivity index (χ2v) is 4.82. The van der Waals surface area contributed by atoms with E-state index in [4.69, 9.17) is 0 Å². The quantitative estimate of drug-likeness (QED) is 0.842. The van der Waals surface area contributed by atoms with Crippen molar-refractivity contribution in [1.82, 2.24) is 4.98 Å². The fourth-order valence-electron chi connectivity index (χ4n) is 1.70. The zero-order chi connectivity index (χ0) is 10.9. The van der Waals surface area contributed by atoms with Gasteiger partial charge in [0, 0.05) is 28.4 Å². The van der Waals surface area contributed by atoms with Crippen LogP contribution >= 0.6 is 11.3 Å². The third-order valence-corrected chi connectivity index (χ3v) is 3.45. The molecule has 2 heterocycles. The number of hydrogen-bond donors (Lipinski definition) is 1. The van der Waals surface area contributed by atoms with Crippen LogP contribution in [0, 0.1) is 6.92 Å². The van der Waals surface area contributed by atoms with Crippen LogP contribution in [0.25, 0.3) is 0 Å². The Morgan fingerprint density at radius 2 is 2.20 bits per heavy atom. The highest BCUT2D eigenvalue weighted by molar-refractivity contribution is 7.10. The Morgan fingerprint density at radius 3 is 2.73 bits per heavy atom. The van der Waals surface area contributed by atoms with Crippen LogP contribution in [0.1, 0.15) is 22.9 Å². The zero-order valence-corrected chi connectivity index (χ0v) is 9.58. The van der Waals surface area contributed by atoms with E-state index >= 15 is 0 Å². The molecular formula is C12H13NOS. The Balaban J connectivity index is 2.48. The van der Waals surface area contributed by atoms with Gasteiger partial charge in [-0.25, -0.2) is 0 Å². The number of aromatic nitrogens is 1. The van der Waals surface area contributed by atoms with Crippen LogP contribution in [0.3, 0.4) is 0 Å². The Morgan fingerprint density at radius 1 is 1.40 bits per heavy atom. The van der Waals surface area contributed by atoms with Gasteiger partial charge in [-0.3, -0.25) is 4.98 Å². The lowest BCUT2D eigenvalue weighted by molar-refractivity contribution is 0.102. The van der Waals surface area contributed by atoms with E-state index in [-0.39, 0.29) is 0 Å². The predicted molar refractivity (Wildman–Crippen MR) is 62.0 cm³/mol. The van der Waals surface area contributed by atoms with Gasteiger partial charge in [-0.1, -0.05) is 6.07 Å². The van der Waals surface area contributed by atoms with Gasteiger partial charge < -0.3 is 5.11 Å². The van der Waals surface area contributed by atoms with Gasteiger partial charge in [-0.05, 0) is 31.4 Å². The molecule has 0 amide bonds. The fourth-order valence-corrected chi connectivity index (χ4v) is 2.50. The molecular weight excluding hydrogens is 206 g/mol. The average Bonchev–Trinajstić information content (AvgIpc) is 2.66. The number of thiophene rings is 1. The van der Waals surface area contributed by atoms with Gasteiger partial charge in [0.25, 0.3) is 0 Å². The molecule has 0 aromatic carbocycles. The SMILES string of the molecule is Cc1sccc1C(C)(O)c1cccnc1. The summed E-state index contributed by atoms with van der Waals surface area (Å²) in [4.78, 5) is 5.18. The van der Waals surface area contributed by atoms with E-state index in [9.17, 15) is 5.11 Å². The highest BCUT2D eigenvalue weighted by Crippen LogP contribution is 2.32. The lowest BCUT2D eigenvalue weighted by Crippen LogP contribution is -2.23. The van der Waals surface area contributed by atoms with Crippen molar-refractivity contribution in [3.05, 3.63) is 52.0 Å². The molecule has 0 aliphatic rings. The van der Waals surface area contributed by atoms with Crippen molar-refractivity contribution in [2.24, 2.45) is 0 Å². The number of aliphatic hydroxyl groups is 1. The summed E-state index contributed by atoms with van der Waals surface area (Å²) in [6.45, 7) is 3.82. The summed E-state index contributed by atoms with van der Waals surface area (Å²) < 4.78 is 0. The smallest absolute Gasteiger partial charge is 0.114 e. The zero-order valence-electron chi connectivity index (χ0n) is 8.77. The number of nitrogens with zero attached hydrogens (tertiary/aromatic N) is 1. The third-order valence-electron chi connectivity index (χ3n) is 2.61. The van der Waals surface area contributed by atoms with Crippen LogP contribution in [0.2, 0.25) is 0 Å². The van der Waals surface area contributed by atoms with Gasteiger partial charge in [-0.15, -0.1) is 11.3 Å². The molecule has 1 N–H and O–H groups in total. The lowest BCUT2D eigenvalue weighted by Gasteiger charge is -2.23. The lowest BCUT2D eigenvalue weighted by atomic mass is 9.90. The second-order valence-electron chi connectivity index (χ2n) is 3.70. The minimum Gasteiger partial charge on any atom is -0.381 e. The summed E-state index contributed by atoms with van der Waals surface area (Å²) in [6.07, 6.45) is 3.41. The molecule has 0 radical (unpaired) electrons. The van der Waals surface area contributed by atoms with E-state index in [1.54, 1.807) is 30.7 Å². The Bertz CT molecular complexity index is 448. The van der Waals surface area contributed by atoms with Crippen LogP contribution < -0.4 is 0 Å². The molecule has 0 saturated heterocycles. The molecule has 2 nitrogen and oxygen atoms in total. The molecule has 3 heteroatoms. The summed E-state index contributed by atoms with van der Waals surface area (Å²) in [5.41, 5.74) is 0.838. The van der Waals surface area contributed by atoms with Crippen LogP contribution in [-0.4, -0.2) is 10.1 Å². The van der Waals surface area contributed by atoms with Crippen molar-refractivity contribution in [3.63, 3.8) is 0 Å². The minimum atomic E-state index is -0.946. The van der Waals surface area contributed by atoms with Gasteiger partial charge in [0.2, 0.25) is 0 Å². The number of hydrogen-bond acceptors (Lipinski definition) is 3. The molecule has 0 spiro atoms. The van der Waals surface area contributed by atoms with E-state index < -0.39 is 5.60 Å². The van der Waals surface area contributed by atoms with Crippen molar-refractivity contribution in [2.45, 2.75) is 19.4 Å². The first-order valence-corrected chi connectivity index (χ1v) is 5.68. The average molecular weight is 219 g/mol. The van der Waals surface area contributed by atoms with Crippen LogP contribution in [0.5, 0.6) is 0 Å². The number of aryl methyl sites for hydroxylation is 1. The predicted octanol–water partition coefficient (Wildman–Crippen LogP) is 2.71. The first kappa shape index (κ1) is 10.3. The second kappa shape index (κ2) is 3.76. The third kappa shape index (κ3) is 1.80. The highest BCUT2D eigenvalue weighted by Gasteiger charge is 2.27. The molecule has 0 aliphatic heterocycles. The van der Waals surface area contributed by atoms with Crippen LogP contribution in [0.15, 0.2) is 36.0 Å². The van der Waals surface area contributed by atoms with Crippen LogP contribution in [-0.2, 0) is 5.60 Å². The molecule has 78 valence electrons. The molecule has 1 unspecified atom stereocenters. The van der Waals surface area contributed by atoms with Crippen molar-refractivity contribution in [3.8, 4) is 0 Å². The summed E-state index contributed by atoms with van der Waals surface area (Å²) in [5.74, 6) is 0. The monoisotopic (exact) mass is 219 g/mol. The fraction of sp³-hybridized carbons (Fsp3) is 0.250. The standard InChI is InChI=1S/C12H13NOS/c1-9-11(5-7-15-9)12(2,14)10-4-3-6-13-8-10/h3-8,14H,1-2H3. The minimum absolute atomic E-state index is 0.825. The summed E-state index contributed by atoms with van der Waals surface area (Å²) in [7, 11) is 0. The van der Waals surface area contributed by atoms with E-state index in [0.29, 0.717) is 0 Å².